The Hall–Kier alpha value is -1.40. The molecular formula is C18H20ClNO3S. The minimum Gasteiger partial charge on any atom is -0.351 e. The molecule has 0 bridgehead atoms. The molecule has 0 N–H and O–H groups in total. The molecule has 0 amide bonds. The Bertz CT molecular complexity index is 830. The van der Waals surface area contributed by atoms with Gasteiger partial charge >= 0.3 is 0 Å². The summed E-state index contributed by atoms with van der Waals surface area (Å²) in [5.41, 5.74) is 1.01. The van der Waals surface area contributed by atoms with Crippen molar-refractivity contribution in [1.29, 1.82) is 0 Å². The molecule has 0 aliphatic carbocycles. The lowest BCUT2D eigenvalue weighted by atomic mass is 10.1. The van der Waals surface area contributed by atoms with Crippen molar-refractivity contribution in [2.45, 2.75) is 37.5 Å². The first-order chi connectivity index (χ1) is 11.2. The number of nitrogens with zero attached hydrogens (tertiary/aromatic N) is 1. The zero-order chi connectivity index (χ0) is 17.5. The summed E-state index contributed by atoms with van der Waals surface area (Å²) in [6.45, 7) is 5.74. The topological polar surface area (TPSA) is 46.6 Å². The van der Waals surface area contributed by atoms with Crippen LogP contribution in [-0.4, -0.2) is 25.0 Å². The van der Waals surface area contributed by atoms with Crippen molar-refractivity contribution in [3.8, 4) is 0 Å². The van der Waals surface area contributed by atoms with Gasteiger partial charge in [0.1, 0.15) is 5.72 Å². The summed E-state index contributed by atoms with van der Waals surface area (Å²) in [5, 5.41) is 0.639. The van der Waals surface area contributed by atoms with Crippen LogP contribution >= 0.6 is 11.6 Å². The van der Waals surface area contributed by atoms with Crippen LogP contribution in [0.15, 0.2) is 53.4 Å². The first-order valence-electron chi connectivity index (χ1n) is 7.73. The number of ether oxygens (including phenoxy) is 1. The van der Waals surface area contributed by atoms with Crippen LogP contribution < -0.4 is 0 Å². The molecule has 1 aliphatic heterocycles. The molecule has 0 aromatic heterocycles. The Morgan fingerprint density at radius 2 is 1.67 bits per heavy atom. The van der Waals surface area contributed by atoms with E-state index in [1.54, 1.807) is 50.2 Å². The third-order valence-electron chi connectivity index (χ3n) is 4.21. The van der Waals surface area contributed by atoms with Crippen molar-refractivity contribution >= 4 is 21.6 Å². The van der Waals surface area contributed by atoms with Crippen LogP contribution in [-0.2, 0) is 14.8 Å². The lowest BCUT2D eigenvalue weighted by molar-refractivity contribution is -0.0508. The van der Waals surface area contributed by atoms with Gasteiger partial charge in [-0.15, -0.1) is 0 Å². The molecule has 4 nitrogen and oxygen atoms in total. The summed E-state index contributed by atoms with van der Waals surface area (Å²) in [7, 11) is -3.63. The van der Waals surface area contributed by atoms with Gasteiger partial charge in [0, 0.05) is 11.6 Å². The molecule has 1 atom stereocenters. The van der Waals surface area contributed by atoms with E-state index in [1.807, 2.05) is 19.1 Å². The average molecular weight is 366 g/mol. The average Bonchev–Trinajstić information content (AvgIpc) is 2.85. The van der Waals surface area contributed by atoms with Crippen molar-refractivity contribution in [1.82, 2.24) is 4.31 Å². The van der Waals surface area contributed by atoms with Crippen LogP contribution in [0.5, 0.6) is 0 Å². The summed E-state index contributed by atoms with van der Waals surface area (Å²) in [5.74, 6) is 0. The third kappa shape index (κ3) is 3.22. The third-order valence-corrected chi connectivity index (χ3v) is 6.50. The normalized spacial score (nSPS) is 21.1. The zero-order valence-electron chi connectivity index (χ0n) is 13.9. The van der Waals surface area contributed by atoms with Gasteiger partial charge in [-0.25, -0.2) is 8.42 Å². The molecule has 1 heterocycles. The zero-order valence-corrected chi connectivity index (χ0v) is 15.4. The predicted octanol–water partition coefficient (Wildman–Crippen LogP) is 4.15. The molecule has 3 rings (SSSR count). The van der Waals surface area contributed by atoms with Crippen LogP contribution in [0.1, 0.15) is 31.1 Å². The minimum atomic E-state index is -3.63. The Kier molecular flexibility index (Phi) is 4.47. The second kappa shape index (κ2) is 6.15. The van der Waals surface area contributed by atoms with Crippen molar-refractivity contribution in [3.63, 3.8) is 0 Å². The molecule has 24 heavy (non-hydrogen) atoms. The van der Waals surface area contributed by atoms with E-state index in [0.29, 0.717) is 5.02 Å². The van der Waals surface area contributed by atoms with Crippen LogP contribution in [0.25, 0.3) is 0 Å². The maximum absolute atomic E-state index is 13.0. The van der Waals surface area contributed by atoms with Crippen molar-refractivity contribution in [2.75, 3.05) is 6.54 Å². The summed E-state index contributed by atoms with van der Waals surface area (Å²) in [6, 6.07) is 14.2. The quantitative estimate of drug-likeness (QED) is 0.821. The number of halogens is 1. The number of sulfonamides is 1. The Labute approximate surface area is 148 Å². The second-order valence-corrected chi connectivity index (χ2v) is 8.75. The first kappa shape index (κ1) is 17.4. The number of hydrogen-bond donors (Lipinski definition) is 0. The van der Waals surface area contributed by atoms with Gasteiger partial charge < -0.3 is 4.74 Å². The largest absolute Gasteiger partial charge is 0.351 e. The van der Waals surface area contributed by atoms with E-state index < -0.39 is 15.7 Å². The van der Waals surface area contributed by atoms with Gasteiger partial charge in [-0.2, -0.15) is 4.31 Å². The molecule has 2 aromatic rings. The number of hydrogen-bond acceptors (Lipinski definition) is 3. The summed E-state index contributed by atoms with van der Waals surface area (Å²) < 4.78 is 33.5. The molecule has 0 spiro atoms. The van der Waals surface area contributed by atoms with Crippen LogP contribution in [0, 0.1) is 6.92 Å². The van der Waals surface area contributed by atoms with Crippen LogP contribution in [0.3, 0.4) is 0 Å². The van der Waals surface area contributed by atoms with E-state index in [2.05, 4.69) is 0 Å². The SMILES string of the molecule is Cc1ccc(S(=O)(=O)N2C[C@H](c3ccc(Cl)cc3)OC2(C)C)cc1. The predicted molar refractivity (Wildman–Crippen MR) is 94.4 cm³/mol. The molecule has 128 valence electrons. The molecule has 0 saturated carbocycles. The lowest BCUT2D eigenvalue weighted by Crippen LogP contribution is -2.43. The lowest BCUT2D eigenvalue weighted by Gasteiger charge is -2.28. The Morgan fingerprint density at radius 1 is 1.08 bits per heavy atom. The van der Waals surface area contributed by atoms with E-state index >= 15 is 0 Å². The standard InChI is InChI=1S/C18H20ClNO3S/c1-13-4-10-16(11-5-13)24(21,22)20-12-17(23-18(20,2)3)14-6-8-15(19)9-7-14/h4-11,17H,12H2,1-3H3/t17-/m1/s1. The molecule has 1 saturated heterocycles. The van der Waals surface area contributed by atoms with Crippen molar-refractivity contribution < 1.29 is 13.2 Å². The van der Waals surface area contributed by atoms with Gasteiger partial charge in [0.05, 0.1) is 11.0 Å². The van der Waals surface area contributed by atoms with Crippen molar-refractivity contribution in [2.24, 2.45) is 0 Å². The van der Waals surface area contributed by atoms with E-state index in [9.17, 15) is 8.42 Å². The maximum Gasteiger partial charge on any atom is 0.245 e. The van der Waals surface area contributed by atoms with Crippen molar-refractivity contribution in [3.05, 3.63) is 64.7 Å². The molecule has 2 aromatic carbocycles. The Balaban J connectivity index is 1.92. The minimum absolute atomic E-state index is 0.269. The molecule has 1 aliphatic rings. The molecule has 0 unspecified atom stereocenters. The van der Waals surface area contributed by atoms with E-state index in [0.717, 1.165) is 11.1 Å². The smallest absolute Gasteiger partial charge is 0.245 e. The highest BCUT2D eigenvalue weighted by Crippen LogP contribution is 2.39. The number of benzene rings is 2. The summed E-state index contributed by atoms with van der Waals surface area (Å²) in [6.07, 6.45) is -0.322. The Morgan fingerprint density at radius 3 is 2.25 bits per heavy atom. The number of rotatable bonds is 3. The maximum atomic E-state index is 13.0. The van der Waals surface area contributed by atoms with Gasteiger partial charge in [-0.1, -0.05) is 41.4 Å². The van der Waals surface area contributed by atoms with Crippen LogP contribution in [0.2, 0.25) is 5.02 Å². The molecule has 1 fully saturated rings. The van der Waals surface area contributed by atoms with E-state index in [4.69, 9.17) is 16.3 Å². The van der Waals surface area contributed by atoms with E-state index in [-0.39, 0.29) is 17.5 Å². The molecule has 0 radical (unpaired) electrons. The second-order valence-electron chi connectivity index (χ2n) is 6.45. The molecular weight excluding hydrogens is 346 g/mol. The highest BCUT2D eigenvalue weighted by molar-refractivity contribution is 7.89. The fourth-order valence-corrected chi connectivity index (χ4v) is 4.70. The summed E-state index contributed by atoms with van der Waals surface area (Å²) >= 11 is 5.92. The fraction of sp³-hybridized carbons (Fsp3) is 0.333. The fourth-order valence-electron chi connectivity index (χ4n) is 2.89. The van der Waals surface area contributed by atoms with Gasteiger partial charge in [0.25, 0.3) is 0 Å². The highest BCUT2D eigenvalue weighted by atomic mass is 35.5. The van der Waals surface area contributed by atoms with Gasteiger partial charge in [-0.05, 0) is 50.6 Å². The summed E-state index contributed by atoms with van der Waals surface area (Å²) in [4.78, 5) is 0.279. The van der Waals surface area contributed by atoms with E-state index in [1.165, 1.54) is 4.31 Å². The number of aryl methyl sites for hydroxylation is 1. The van der Waals surface area contributed by atoms with Gasteiger partial charge in [0.2, 0.25) is 10.0 Å². The molecule has 6 heteroatoms. The van der Waals surface area contributed by atoms with Gasteiger partial charge in [-0.3, -0.25) is 0 Å². The first-order valence-corrected chi connectivity index (χ1v) is 9.55. The highest BCUT2D eigenvalue weighted by Gasteiger charge is 2.47. The van der Waals surface area contributed by atoms with Crippen LogP contribution in [0.4, 0.5) is 0 Å². The van der Waals surface area contributed by atoms with Gasteiger partial charge in [0.15, 0.2) is 0 Å². The monoisotopic (exact) mass is 365 g/mol.